The lowest BCUT2D eigenvalue weighted by Crippen LogP contribution is -2.38. The highest BCUT2D eigenvalue weighted by molar-refractivity contribution is 5.76. The molecular formula is C22H28N2O4. The second-order valence-electron chi connectivity index (χ2n) is 6.75. The van der Waals surface area contributed by atoms with Crippen LogP contribution >= 0.6 is 0 Å². The molecule has 28 heavy (non-hydrogen) atoms. The molecule has 1 amide bonds. The van der Waals surface area contributed by atoms with Crippen molar-refractivity contribution in [3.8, 4) is 17.2 Å². The average Bonchev–Trinajstić information content (AvgIpc) is 2.75. The van der Waals surface area contributed by atoms with Crippen molar-refractivity contribution in [1.82, 2.24) is 10.6 Å². The third-order valence-corrected chi connectivity index (χ3v) is 5.13. The van der Waals surface area contributed by atoms with Crippen molar-refractivity contribution in [2.45, 2.75) is 25.3 Å². The normalized spacial score (nSPS) is 15.5. The summed E-state index contributed by atoms with van der Waals surface area (Å²) in [7, 11) is 4.75. The zero-order valence-corrected chi connectivity index (χ0v) is 16.7. The van der Waals surface area contributed by atoms with E-state index in [-0.39, 0.29) is 11.9 Å². The van der Waals surface area contributed by atoms with Gasteiger partial charge in [0.2, 0.25) is 11.7 Å². The number of hydrogen-bond acceptors (Lipinski definition) is 5. The maximum Gasteiger partial charge on any atom is 0.220 e. The summed E-state index contributed by atoms with van der Waals surface area (Å²) in [5.74, 6) is 1.78. The summed E-state index contributed by atoms with van der Waals surface area (Å²) >= 11 is 0. The molecule has 0 saturated heterocycles. The number of hydrogen-bond donors (Lipinski definition) is 2. The van der Waals surface area contributed by atoms with Crippen LogP contribution in [0.4, 0.5) is 0 Å². The largest absolute Gasteiger partial charge is 0.493 e. The van der Waals surface area contributed by atoms with Gasteiger partial charge >= 0.3 is 0 Å². The number of amides is 1. The Morgan fingerprint density at radius 1 is 1.07 bits per heavy atom. The van der Waals surface area contributed by atoms with E-state index in [0.29, 0.717) is 36.6 Å². The fourth-order valence-electron chi connectivity index (χ4n) is 3.69. The van der Waals surface area contributed by atoms with Crippen LogP contribution in [-0.2, 0) is 17.6 Å². The fourth-order valence-corrected chi connectivity index (χ4v) is 3.69. The third kappa shape index (κ3) is 4.39. The minimum absolute atomic E-state index is 0.0155. The van der Waals surface area contributed by atoms with E-state index in [4.69, 9.17) is 14.2 Å². The molecule has 2 N–H and O–H groups in total. The zero-order chi connectivity index (χ0) is 19.9. The van der Waals surface area contributed by atoms with Crippen molar-refractivity contribution in [2.24, 2.45) is 0 Å². The molecule has 6 nitrogen and oxygen atoms in total. The SMILES string of the molecule is COc1ccc(CCC(=O)NCC2NCCc3ccccc32)c(OC)c1OC. The Morgan fingerprint density at radius 3 is 2.61 bits per heavy atom. The van der Waals surface area contributed by atoms with Gasteiger partial charge in [0.1, 0.15) is 0 Å². The molecule has 1 aliphatic heterocycles. The molecule has 6 heteroatoms. The topological polar surface area (TPSA) is 68.8 Å². The van der Waals surface area contributed by atoms with Gasteiger partial charge in [0, 0.05) is 19.0 Å². The van der Waals surface area contributed by atoms with E-state index in [9.17, 15) is 4.79 Å². The first-order valence-electron chi connectivity index (χ1n) is 9.53. The van der Waals surface area contributed by atoms with Gasteiger partial charge < -0.3 is 24.8 Å². The molecule has 150 valence electrons. The Hall–Kier alpha value is -2.73. The quantitative estimate of drug-likeness (QED) is 0.732. The highest BCUT2D eigenvalue weighted by atomic mass is 16.5. The summed E-state index contributed by atoms with van der Waals surface area (Å²) in [6.07, 6.45) is 1.96. The highest BCUT2D eigenvalue weighted by Crippen LogP contribution is 2.40. The summed E-state index contributed by atoms with van der Waals surface area (Å²) in [6, 6.07) is 12.3. The number of ether oxygens (including phenoxy) is 3. The monoisotopic (exact) mass is 384 g/mol. The van der Waals surface area contributed by atoms with Gasteiger partial charge in [-0.2, -0.15) is 0 Å². The Morgan fingerprint density at radius 2 is 1.86 bits per heavy atom. The maximum absolute atomic E-state index is 12.4. The average molecular weight is 384 g/mol. The minimum Gasteiger partial charge on any atom is -0.493 e. The number of rotatable bonds is 8. The maximum atomic E-state index is 12.4. The van der Waals surface area contributed by atoms with Gasteiger partial charge in [0.25, 0.3) is 0 Å². The van der Waals surface area contributed by atoms with Crippen molar-refractivity contribution in [2.75, 3.05) is 34.4 Å². The summed E-state index contributed by atoms with van der Waals surface area (Å²) in [6.45, 7) is 1.51. The lowest BCUT2D eigenvalue weighted by atomic mass is 9.94. The number of methoxy groups -OCH3 is 3. The molecule has 0 aromatic heterocycles. The molecule has 0 radical (unpaired) electrons. The van der Waals surface area contributed by atoms with E-state index in [1.807, 2.05) is 18.2 Å². The van der Waals surface area contributed by atoms with Crippen LogP contribution in [0.15, 0.2) is 36.4 Å². The van der Waals surface area contributed by atoms with Crippen LogP contribution < -0.4 is 24.8 Å². The first-order valence-corrected chi connectivity index (χ1v) is 9.53. The second-order valence-corrected chi connectivity index (χ2v) is 6.75. The van der Waals surface area contributed by atoms with E-state index < -0.39 is 0 Å². The van der Waals surface area contributed by atoms with Crippen molar-refractivity contribution in [3.05, 3.63) is 53.1 Å². The lowest BCUT2D eigenvalue weighted by molar-refractivity contribution is -0.121. The van der Waals surface area contributed by atoms with Crippen LogP contribution in [0.1, 0.15) is 29.2 Å². The minimum atomic E-state index is 0.0155. The van der Waals surface area contributed by atoms with Gasteiger partial charge in [-0.1, -0.05) is 30.3 Å². The van der Waals surface area contributed by atoms with Gasteiger partial charge in [-0.05, 0) is 42.1 Å². The van der Waals surface area contributed by atoms with E-state index in [2.05, 4.69) is 28.8 Å². The predicted octanol–water partition coefficient (Wildman–Crippen LogP) is 2.65. The Kier molecular flexibility index (Phi) is 6.76. The van der Waals surface area contributed by atoms with Gasteiger partial charge in [0.05, 0.1) is 21.3 Å². The molecule has 0 bridgehead atoms. The molecule has 0 saturated carbocycles. The van der Waals surface area contributed by atoms with Gasteiger partial charge in [-0.3, -0.25) is 4.79 Å². The van der Waals surface area contributed by atoms with Gasteiger partial charge in [-0.15, -0.1) is 0 Å². The van der Waals surface area contributed by atoms with Crippen LogP contribution in [0.5, 0.6) is 17.2 Å². The number of nitrogens with one attached hydrogen (secondary N) is 2. The summed E-state index contributed by atoms with van der Waals surface area (Å²) < 4.78 is 16.2. The fraction of sp³-hybridized carbons (Fsp3) is 0.409. The smallest absolute Gasteiger partial charge is 0.220 e. The van der Waals surface area contributed by atoms with Crippen LogP contribution in [0.2, 0.25) is 0 Å². The number of carbonyl (C=O) groups is 1. The summed E-state index contributed by atoms with van der Waals surface area (Å²) in [5.41, 5.74) is 3.54. The van der Waals surface area contributed by atoms with Crippen LogP contribution in [0.3, 0.4) is 0 Å². The van der Waals surface area contributed by atoms with Gasteiger partial charge in [-0.25, -0.2) is 0 Å². The van der Waals surface area contributed by atoms with Crippen LogP contribution in [0.25, 0.3) is 0 Å². The standard InChI is InChI=1S/C22H28N2O4/c1-26-19-10-8-16(21(27-2)22(19)28-3)9-11-20(25)24-14-18-17-7-5-4-6-15(17)12-13-23-18/h4-8,10,18,23H,9,11-14H2,1-3H3,(H,24,25). The molecule has 3 rings (SSSR count). The zero-order valence-electron chi connectivity index (χ0n) is 16.7. The van der Waals surface area contributed by atoms with Crippen molar-refractivity contribution in [3.63, 3.8) is 0 Å². The van der Waals surface area contributed by atoms with Crippen LogP contribution in [0, 0.1) is 0 Å². The Labute approximate surface area is 166 Å². The molecule has 1 unspecified atom stereocenters. The van der Waals surface area contributed by atoms with Crippen molar-refractivity contribution < 1.29 is 19.0 Å². The first-order chi connectivity index (χ1) is 13.7. The van der Waals surface area contributed by atoms with E-state index in [1.54, 1.807) is 21.3 Å². The second kappa shape index (κ2) is 9.46. The van der Waals surface area contributed by atoms with E-state index >= 15 is 0 Å². The number of fused-ring (bicyclic) bond motifs is 1. The molecule has 1 aliphatic rings. The first kappa shape index (κ1) is 20.0. The molecule has 1 heterocycles. The van der Waals surface area contributed by atoms with Crippen molar-refractivity contribution >= 4 is 5.91 Å². The molecule has 1 atom stereocenters. The predicted molar refractivity (Wildman–Crippen MR) is 108 cm³/mol. The molecule has 0 aliphatic carbocycles. The molecular weight excluding hydrogens is 356 g/mol. The van der Waals surface area contributed by atoms with Gasteiger partial charge in [0.15, 0.2) is 11.5 Å². The summed E-state index contributed by atoms with van der Waals surface area (Å²) in [5, 5.41) is 6.54. The molecule has 0 spiro atoms. The van der Waals surface area contributed by atoms with E-state index in [0.717, 1.165) is 18.5 Å². The van der Waals surface area contributed by atoms with Crippen LogP contribution in [-0.4, -0.2) is 40.3 Å². The lowest BCUT2D eigenvalue weighted by Gasteiger charge is -2.27. The number of carbonyl (C=O) groups excluding carboxylic acids is 1. The molecule has 2 aromatic carbocycles. The highest BCUT2D eigenvalue weighted by Gasteiger charge is 2.20. The molecule has 0 fully saturated rings. The van der Waals surface area contributed by atoms with Crippen molar-refractivity contribution in [1.29, 1.82) is 0 Å². The van der Waals surface area contributed by atoms with E-state index in [1.165, 1.54) is 11.1 Å². The Balaban J connectivity index is 1.58. The number of benzene rings is 2. The third-order valence-electron chi connectivity index (χ3n) is 5.13. The number of aryl methyl sites for hydroxylation is 1. The Bertz CT molecular complexity index is 822. The molecule has 2 aromatic rings. The summed E-state index contributed by atoms with van der Waals surface area (Å²) in [4.78, 5) is 12.4.